The fourth-order valence-electron chi connectivity index (χ4n) is 7.92. The fourth-order valence-corrected chi connectivity index (χ4v) is 10.7. The normalized spacial score (nSPS) is 17.5. The quantitative estimate of drug-likeness (QED) is 0.213. The van der Waals surface area contributed by atoms with E-state index in [4.69, 9.17) is 9.97 Å². The Bertz CT molecular complexity index is 2530. The van der Waals surface area contributed by atoms with Gasteiger partial charge in [0.2, 0.25) is 0 Å². The number of nitrogens with one attached hydrogen (secondary N) is 1. The Morgan fingerprint density at radius 1 is 0.681 bits per heavy atom. The molecule has 0 saturated heterocycles. The smallest absolute Gasteiger partial charge is 0.140 e. The van der Waals surface area contributed by atoms with Gasteiger partial charge in [-0.05, 0) is 64.6 Å². The van der Waals surface area contributed by atoms with Crippen LogP contribution in [0.1, 0.15) is 23.0 Å². The number of hydrogen-bond acceptors (Lipinski definition) is 2. The summed E-state index contributed by atoms with van der Waals surface area (Å²) < 4.78 is 0. The second kappa shape index (κ2) is 9.78. The third kappa shape index (κ3) is 3.82. The summed E-state index contributed by atoms with van der Waals surface area (Å²) in [5.74, 6) is 0.778. The molecule has 1 aliphatic heterocycles. The minimum Gasteiger partial charge on any atom is -0.353 e. The summed E-state index contributed by atoms with van der Waals surface area (Å²) in [6, 6.07) is 41.2. The molecule has 5 aromatic carbocycles. The van der Waals surface area contributed by atoms with Crippen LogP contribution >= 0.6 is 10.0 Å². The van der Waals surface area contributed by atoms with Gasteiger partial charge in [-0.15, -0.1) is 0 Å². The summed E-state index contributed by atoms with van der Waals surface area (Å²) in [6.07, 6.45) is 13.9. The van der Waals surface area contributed by atoms with Crippen molar-refractivity contribution in [2.24, 2.45) is 0 Å². The summed E-state index contributed by atoms with van der Waals surface area (Å²) in [6.45, 7) is 0. The second-order valence-electron chi connectivity index (χ2n) is 13.0. The first-order valence-electron chi connectivity index (χ1n) is 16.1. The monoisotopic (exact) mass is 621 g/mol. The number of allylic oxidation sites excluding steroid dienone is 5. The summed E-state index contributed by atoms with van der Waals surface area (Å²) in [5.41, 5.74) is 14.4. The molecular weight excluding hydrogens is 591 g/mol. The SMILES string of the molecule is CS1(C)c2ccccc2-c2ccc3c4c([nH]c3c21)C1=CC=CC(c2nc(-c3ccccc3)c3cc(-c5ccccc5)ccc3n2)C1=C4. The molecule has 2 aromatic heterocycles. The van der Waals surface area contributed by atoms with Gasteiger partial charge in [0.1, 0.15) is 5.82 Å². The van der Waals surface area contributed by atoms with Gasteiger partial charge in [0.05, 0.1) is 28.3 Å². The van der Waals surface area contributed by atoms with Crippen molar-refractivity contribution in [1.82, 2.24) is 15.0 Å². The lowest BCUT2D eigenvalue weighted by atomic mass is 9.88. The maximum atomic E-state index is 5.35. The lowest BCUT2D eigenvalue weighted by Crippen LogP contribution is -2.09. The Kier molecular flexibility index (Phi) is 5.56. The Labute approximate surface area is 275 Å². The van der Waals surface area contributed by atoms with Gasteiger partial charge in [0.15, 0.2) is 0 Å². The van der Waals surface area contributed by atoms with Gasteiger partial charge >= 0.3 is 0 Å². The molecule has 7 aromatic rings. The van der Waals surface area contributed by atoms with Gasteiger partial charge in [-0.2, -0.15) is 10.0 Å². The van der Waals surface area contributed by atoms with E-state index in [2.05, 4.69) is 157 Å². The Hall–Kier alpha value is -5.45. The van der Waals surface area contributed by atoms with Crippen molar-refractivity contribution in [3.63, 3.8) is 0 Å². The molecule has 0 fully saturated rings. The maximum absolute atomic E-state index is 5.35. The number of nitrogens with zero attached hydrogens (tertiary/aromatic N) is 2. The zero-order valence-electron chi connectivity index (χ0n) is 26.2. The third-order valence-electron chi connectivity index (χ3n) is 10.1. The molecule has 0 spiro atoms. The Balaban J connectivity index is 1.12. The van der Waals surface area contributed by atoms with E-state index in [1.165, 1.54) is 59.8 Å². The molecule has 0 saturated carbocycles. The Morgan fingerprint density at radius 3 is 2.28 bits per heavy atom. The van der Waals surface area contributed by atoms with E-state index in [9.17, 15) is 0 Å². The highest BCUT2D eigenvalue weighted by Gasteiger charge is 2.37. The van der Waals surface area contributed by atoms with E-state index in [-0.39, 0.29) is 5.92 Å². The number of benzene rings is 5. The minimum absolute atomic E-state index is 0.0488. The first-order chi connectivity index (χ1) is 23.1. The van der Waals surface area contributed by atoms with E-state index in [0.717, 1.165) is 33.5 Å². The molecule has 1 N–H and O–H groups in total. The van der Waals surface area contributed by atoms with Crippen molar-refractivity contribution < 1.29 is 0 Å². The zero-order valence-corrected chi connectivity index (χ0v) is 27.0. The average Bonchev–Trinajstić information content (AvgIpc) is 3.74. The fraction of sp³-hybridized carbons (Fsp3) is 0.0698. The molecule has 47 heavy (non-hydrogen) atoms. The largest absolute Gasteiger partial charge is 0.353 e. The van der Waals surface area contributed by atoms with Crippen LogP contribution in [0, 0.1) is 0 Å². The molecular formula is C43H31N3S. The van der Waals surface area contributed by atoms with Crippen molar-refractivity contribution >= 4 is 43.5 Å². The minimum atomic E-state index is -1.14. The molecule has 1 atom stereocenters. The average molecular weight is 622 g/mol. The van der Waals surface area contributed by atoms with Crippen LogP contribution in [0.3, 0.4) is 0 Å². The van der Waals surface area contributed by atoms with E-state index in [1.54, 1.807) is 0 Å². The molecule has 0 amide bonds. The molecule has 3 heterocycles. The van der Waals surface area contributed by atoms with Crippen LogP contribution in [0.4, 0.5) is 0 Å². The van der Waals surface area contributed by atoms with Crippen molar-refractivity contribution in [3.05, 3.63) is 156 Å². The summed E-state index contributed by atoms with van der Waals surface area (Å²) in [4.78, 5) is 17.5. The van der Waals surface area contributed by atoms with E-state index in [0.29, 0.717) is 0 Å². The molecule has 4 heteroatoms. The molecule has 3 nitrogen and oxygen atoms in total. The van der Waals surface area contributed by atoms with Gasteiger partial charge in [-0.1, -0.05) is 115 Å². The van der Waals surface area contributed by atoms with Crippen LogP contribution in [-0.4, -0.2) is 27.5 Å². The summed E-state index contributed by atoms with van der Waals surface area (Å²) >= 11 is 0. The predicted octanol–water partition coefficient (Wildman–Crippen LogP) is 11.0. The lowest BCUT2D eigenvalue weighted by Gasteiger charge is -2.28. The highest BCUT2D eigenvalue weighted by atomic mass is 32.3. The molecule has 10 rings (SSSR count). The van der Waals surface area contributed by atoms with Gasteiger partial charge in [0.25, 0.3) is 0 Å². The van der Waals surface area contributed by atoms with E-state index in [1.807, 2.05) is 0 Å². The number of aromatic nitrogens is 3. The zero-order chi connectivity index (χ0) is 31.3. The molecule has 3 aliphatic rings. The van der Waals surface area contributed by atoms with Gasteiger partial charge < -0.3 is 4.98 Å². The molecule has 1 unspecified atom stereocenters. The van der Waals surface area contributed by atoms with Gasteiger partial charge in [0, 0.05) is 37.3 Å². The van der Waals surface area contributed by atoms with Crippen LogP contribution in [-0.2, 0) is 0 Å². The second-order valence-corrected chi connectivity index (χ2v) is 16.5. The first-order valence-corrected chi connectivity index (χ1v) is 18.6. The highest BCUT2D eigenvalue weighted by molar-refractivity contribution is 8.33. The first kappa shape index (κ1) is 26.7. The summed E-state index contributed by atoms with van der Waals surface area (Å²) in [5, 5.41) is 2.36. The number of H-pyrrole nitrogens is 1. The van der Waals surface area contributed by atoms with E-state index >= 15 is 0 Å². The molecule has 224 valence electrons. The molecule has 0 radical (unpaired) electrons. The Morgan fingerprint density at radius 2 is 1.45 bits per heavy atom. The number of fused-ring (bicyclic) bond motifs is 10. The van der Waals surface area contributed by atoms with Crippen LogP contribution in [0.25, 0.3) is 67.0 Å². The highest BCUT2D eigenvalue weighted by Crippen LogP contribution is 2.69. The van der Waals surface area contributed by atoms with Crippen LogP contribution in [0.15, 0.2) is 149 Å². The molecule has 0 bridgehead atoms. The van der Waals surface area contributed by atoms with Crippen molar-refractivity contribution in [2.45, 2.75) is 15.7 Å². The maximum Gasteiger partial charge on any atom is 0.140 e. The number of hydrogen-bond donors (Lipinski definition) is 1. The topological polar surface area (TPSA) is 41.6 Å². The number of aromatic amines is 1. The van der Waals surface area contributed by atoms with Crippen LogP contribution in [0.2, 0.25) is 0 Å². The summed E-state index contributed by atoms with van der Waals surface area (Å²) in [7, 11) is -1.14. The lowest BCUT2D eigenvalue weighted by molar-refractivity contribution is 0.903. The van der Waals surface area contributed by atoms with Crippen molar-refractivity contribution in [1.29, 1.82) is 0 Å². The van der Waals surface area contributed by atoms with Crippen LogP contribution < -0.4 is 0 Å². The van der Waals surface area contributed by atoms with Crippen molar-refractivity contribution in [3.8, 4) is 33.5 Å². The van der Waals surface area contributed by atoms with Crippen molar-refractivity contribution in [2.75, 3.05) is 12.5 Å². The third-order valence-corrected chi connectivity index (χ3v) is 13.0. The molecule has 2 aliphatic carbocycles. The number of rotatable bonds is 3. The van der Waals surface area contributed by atoms with Gasteiger partial charge in [-0.3, -0.25) is 0 Å². The standard InChI is InChI=1S/C43H31N3S/c1-47(2)38-19-10-9-16-29(38)32-22-21-31-35-25-34-30(40(35)45-41(31)42(32)47)17-11-18-33(34)43-44-37-23-20-28(26-12-5-3-6-13-26)24-36(37)39(46-43)27-14-7-4-8-15-27/h3-25,33,45H,1-2H3. The predicted molar refractivity (Wildman–Crippen MR) is 198 cm³/mol. The van der Waals surface area contributed by atoms with Gasteiger partial charge in [-0.25, -0.2) is 9.97 Å². The van der Waals surface area contributed by atoms with Crippen LogP contribution in [0.5, 0.6) is 0 Å². The van der Waals surface area contributed by atoms with E-state index < -0.39 is 10.0 Å².